The molecule has 0 unspecified atom stereocenters. The van der Waals surface area contributed by atoms with Gasteiger partial charge in [-0.1, -0.05) is 17.7 Å². The molecule has 0 amide bonds. The third-order valence-electron chi connectivity index (χ3n) is 2.63. The highest BCUT2D eigenvalue weighted by Crippen LogP contribution is 2.38. The maximum atomic E-state index is 14.0. The van der Waals surface area contributed by atoms with Crippen molar-refractivity contribution in [3.8, 4) is 11.5 Å². The predicted octanol–water partition coefficient (Wildman–Crippen LogP) is 4.05. The van der Waals surface area contributed by atoms with Crippen LogP contribution in [-0.2, 0) is 0 Å². The zero-order chi connectivity index (χ0) is 14.2. The van der Waals surface area contributed by atoms with Gasteiger partial charge in [-0.3, -0.25) is 0 Å². The van der Waals surface area contributed by atoms with Gasteiger partial charge in [0.15, 0.2) is 11.6 Å². The first-order valence-corrected chi connectivity index (χ1v) is 6.05. The normalized spacial score (nSPS) is 10.5. The Morgan fingerprint density at radius 1 is 1.00 bits per heavy atom. The molecule has 5 heteroatoms. The van der Waals surface area contributed by atoms with Crippen molar-refractivity contribution in [1.29, 1.82) is 0 Å². The molecule has 0 aliphatic rings. The lowest BCUT2D eigenvalue weighted by Crippen LogP contribution is -2.00. The van der Waals surface area contributed by atoms with E-state index in [4.69, 9.17) is 27.8 Å². The van der Waals surface area contributed by atoms with Gasteiger partial charge in [-0.25, -0.2) is 4.39 Å². The molecular formula is C14H14ClFN2O. The molecule has 19 heavy (non-hydrogen) atoms. The summed E-state index contributed by atoms with van der Waals surface area (Å²) >= 11 is 5.75. The number of aryl methyl sites for hydroxylation is 2. The fraction of sp³-hybridized carbons (Fsp3) is 0.143. The van der Waals surface area contributed by atoms with E-state index in [2.05, 4.69) is 0 Å². The van der Waals surface area contributed by atoms with Gasteiger partial charge >= 0.3 is 0 Å². The molecular weight excluding hydrogens is 267 g/mol. The lowest BCUT2D eigenvalue weighted by molar-refractivity contribution is 0.444. The molecule has 0 spiro atoms. The molecule has 0 aromatic heterocycles. The summed E-state index contributed by atoms with van der Waals surface area (Å²) in [5.74, 6) is -0.355. The van der Waals surface area contributed by atoms with E-state index in [-0.39, 0.29) is 22.1 Å². The lowest BCUT2D eigenvalue weighted by Gasteiger charge is -2.13. The summed E-state index contributed by atoms with van der Waals surface area (Å²) in [6.07, 6.45) is 0. The summed E-state index contributed by atoms with van der Waals surface area (Å²) in [7, 11) is 0. The van der Waals surface area contributed by atoms with Crippen molar-refractivity contribution in [2.45, 2.75) is 13.8 Å². The van der Waals surface area contributed by atoms with Crippen LogP contribution in [0.2, 0.25) is 5.02 Å². The van der Waals surface area contributed by atoms with E-state index in [0.29, 0.717) is 5.75 Å². The summed E-state index contributed by atoms with van der Waals surface area (Å²) in [6, 6.07) is 6.94. The SMILES string of the molecule is Cc1cc(C)cc(Oc2c(N)cc(N)c(Cl)c2F)c1. The minimum atomic E-state index is -0.752. The van der Waals surface area contributed by atoms with Crippen LogP contribution in [0.5, 0.6) is 11.5 Å². The van der Waals surface area contributed by atoms with Crippen molar-refractivity contribution >= 4 is 23.0 Å². The monoisotopic (exact) mass is 280 g/mol. The van der Waals surface area contributed by atoms with Gasteiger partial charge in [0.25, 0.3) is 0 Å². The molecule has 0 bridgehead atoms. The number of ether oxygens (including phenoxy) is 1. The number of nitrogen functional groups attached to an aromatic ring is 2. The number of hydrogen-bond acceptors (Lipinski definition) is 3. The Morgan fingerprint density at radius 3 is 2.16 bits per heavy atom. The summed E-state index contributed by atoms with van der Waals surface area (Å²) < 4.78 is 19.5. The number of hydrogen-bond donors (Lipinski definition) is 2. The van der Waals surface area contributed by atoms with E-state index in [1.807, 2.05) is 19.9 Å². The van der Waals surface area contributed by atoms with Crippen LogP contribution in [0.15, 0.2) is 24.3 Å². The van der Waals surface area contributed by atoms with Crippen molar-refractivity contribution in [3.05, 3.63) is 46.2 Å². The molecule has 4 N–H and O–H groups in total. The van der Waals surface area contributed by atoms with Crippen molar-refractivity contribution in [3.63, 3.8) is 0 Å². The van der Waals surface area contributed by atoms with Gasteiger partial charge in [-0.05, 0) is 43.2 Å². The molecule has 0 fully saturated rings. The summed E-state index contributed by atoms with van der Waals surface area (Å²) in [5, 5.41) is -0.187. The Morgan fingerprint density at radius 2 is 1.58 bits per heavy atom. The molecule has 0 saturated carbocycles. The van der Waals surface area contributed by atoms with Gasteiger partial charge in [-0.2, -0.15) is 0 Å². The Bertz CT molecular complexity index is 624. The van der Waals surface area contributed by atoms with Crippen molar-refractivity contribution in [2.75, 3.05) is 11.5 Å². The third kappa shape index (κ3) is 2.74. The fourth-order valence-electron chi connectivity index (χ4n) is 1.86. The highest BCUT2D eigenvalue weighted by Gasteiger charge is 2.16. The first-order chi connectivity index (χ1) is 8.88. The summed E-state index contributed by atoms with van der Waals surface area (Å²) in [6.45, 7) is 3.85. The van der Waals surface area contributed by atoms with Crippen LogP contribution in [0.25, 0.3) is 0 Å². The van der Waals surface area contributed by atoms with E-state index in [0.717, 1.165) is 11.1 Å². The topological polar surface area (TPSA) is 61.3 Å². The number of halogens is 2. The van der Waals surface area contributed by atoms with Crippen molar-refractivity contribution in [1.82, 2.24) is 0 Å². The second-order valence-corrected chi connectivity index (χ2v) is 4.82. The standard InChI is InChI=1S/C14H14ClFN2O/c1-7-3-8(2)5-9(4-7)19-14-11(18)6-10(17)12(15)13(14)16/h3-6H,17-18H2,1-2H3. The molecule has 2 aromatic rings. The summed E-state index contributed by atoms with van der Waals surface area (Å²) in [4.78, 5) is 0. The number of anilines is 2. The Kier molecular flexibility index (Phi) is 3.53. The third-order valence-corrected chi connectivity index (χ3v) is 3.02. The molecule has 2 aromatic carbocycles. The van der Waals surface area contributed by atoms with E-state index in [9.17, 15) is 4.39 Å². The number of rotatable bonds is 2. The van der Waals surface area contributed by atoms with Crippen LogP contribution in [0.1, 0.15) is 11.1 Å². The molecule has 0 aliphatic carbocycles. The second-order valence-electron chi connectivity index (χ2n) is 4.44. The molecule has 0 saturated heterocycles. The largest absolute Gasteiger partial charge is 0.452 e. The van der Waals surface area contributed by atoms with Crippen LogP contribution >= 0.6 is 11.6 Å². The highest BCUT2D eigenvalue weighted by molar-refractivity contribution is 6.33. The molecule has 0 heterocycles. The van der Waals surface area contributed by atoms with Crippen molar-refractivity contribution < 1.29 is 9.13 Å². The predicted molar refractivity (Wildman–Crippen MR) is 76.2 cm³/mol. The van der Waals surface area contributed by atoms with Crippen LogP contribution in [0.3, 0.4) is 0 Å². The molecule has 0 aliphatic heterocycles. The Balaban J connectivity index is 2.46. The Labute approximate surface area is 115 Å². The zero-order valence-corrected chi connectivity index (χ0v) is 11.4. The van der Waals surface area contributed by atoms with E-state index in [1.54, 1.807) is 12.1 Å². The van der Waals surface area contributed by atoms with Gasteiger partial charge in [0.1, 0.15) is 10.8 Å². The first-order valence-electron chi connectivity index (χ1n) is 5.67. The average molecular weight is 281 g/mol. The van der Waals surface area contributed by atoms with Gasteiger partial charge in [-0.15, -0.1) is 0 Å². The first kappa shape index (κ1) is 13.5. The van der Waals surface area contributed by atoms with Gasteiger partial charge < -0.3 is 16.2 Å². The van der Waals surface area contributed by atoms with Gasteiger partial charge in [0.2, 0.25) is 0 Å². The minimum Gasteiger partial charge on any atom is -0.452 e. The van der Waals surface area contributed by atoms with Gasteiger partial charge in [0.05, 0.1) is 11.4 Å². The quantitative estimate of drug-likeness (QED) is 0.816. The number of benzene rings is 2. The molecule has 0 atom stereocenters. The van der Waals surface area contributed by atoms with E-state index >= 15 is 0 Å². The van der Waals surface area contributed by atoms with E-state index < -0.39 is 5.82 Å². The molecule has 3 nitrogen and oxygen atoms in total. The van der Waals surface area contributed by atoms with Crippen LogP contribution in [-0.4, -0.2) is 0 Å². The van der Waals surface area contributed by atoms with Crippen molar-refractivity contribution in [2.24, 2.45) is 0 Å². The minimum absolute atomic E-state index is 0.0874. The zero-order valence-electron chi connectivity index (χ0n) is 10.6. The molecule has 2 rings (SSSR count). The fourth-order valence-corrected chi connectivity index (χ4v) is 2.00. The molecule has 100 valence electrons. The van der Waals surface area contributed by atoms with Gasteiger partial charge in [0, 0.05) is 0 Å². The lowest BCUT2D eigenvalue weighted by atomic mass is 10.1. The maximum Gasteiger partial charge on any atom is 0.188 e. The highest BCUT2D eigenvalue weighted by atomic mass is 35.5. The summed E-state index contributed by atoms with van der Waals surface area (Å²) in [5.41, 5.74) is 13.5. The van der Waals surface area contributed by atoms with Crippen LogP contribution < -0.4 is 16.2 Å². The average Bonchev–Trinajstić information content (AvgIpc) is 2.31. The maximum absolute atomic E-state index is 14.0. The van der Waals surface area contributed by atoms with E-state index in [1.165, 1.54) is 6.07 Å². The van der Waals surface area contributed by atoms with Crippen LogP contribution in [0, 0.1) is 19.7 Å². The molecule has 0 radical (unpaired) electrons. The van der Waals surface area contributed by atoms with Crippen LogP contribution in [0.4, 0.5) is 15.8 Å². The Hall–Kier alpha value is -1.94. The second kappa shape index (κ2) is 4.97. The smallest absolute Gasteiger partial charge is 0.188 e. The number of nitrogens with two attached hydrogens (primary N) is 2.